The molecule has 0 spiro atoms. The molecule has 1 atom stereocenters. The third-order valence-corrected chi connectivity index (χ3v) is 5.18. The van der Waals surface area contributed by atoms with Crippen molar-refractivity contribution in [3.8, 4) is 17.2 Å². The average Bonchev–Trinajstić information content (AvgIpc) is 2.76. The van der Waals surface area contributed by atoms with E-state index in [0.717, 1.165) is 22.4 Å². The second kappa shape index (κ2) is 9.39. The topological polar surface area (TPSA) is 97.3 Å². The van der Waals surface area contributed by atoms with Crippen LogP contribution in [-0.2, 0) is 11.2 Å². The molecule has 0 radical (unpaired) electrons. The Labute approximate surface area is 175 Å². The smallest absolute Gasteiger partial charge is 0.318 e. The summed E-state index contributed by atoms with van der Waals surface area (Å²) in [4.78, 5) is 25.4. The molecule has 0 aromatic heterocycles. The van der Waals surface area contributed by atoms with Gasteiger partial charge in [-0.3, -0.25) is 4.79 Å². The number of carbonyl (C=O) groups excluding carboxylic acids is 1. The van der Waals surface area contributed by atoms with Crippen molar-refractivity contribution in [1.82, 2.24) is 10.2 Å². The predicted molar refractivity (Wildman–Crippen MR) is 110 cm³/mol. The molecule has 0 fully saturated rings. The molecule has 8 heteroatoms. The minimum absolute atomic E-state index is 0.0682. The van der Waals surface area contributed by atoms with Crippen LogP contribution in [0.3, 0.4) is 0 Å². The summed E-state index contributed by atoms with van der Waals surface area (Å²) in [6, 6.07) is 10.7. The van der Waals surface area contributed by atoms with Crippen molar-refractivity contribution >= 4 is 12.0 Å². The lowest BCUT2D eigenvalue weighted by Gasteiger charge is -2.38. The first-order chi connectivity index (χ1) is 14.5. The summed E-state index contributed by atoms with van der Waals surface area (Å²) in [6.07, 6.45) is 0.517. The van der Waals surface area contributed by atoms with Crippen LogP contribution < -0.4 is 19.5 Å². The molecule has 30 heavy (non-hydrogen) atoms. The van der Waals surface area contributed by atoms with E-state index in [9.17, 15) is 9.59 Å². The second-order valence-corrected chi connectivity index (χ2v) is 6.90. The van der Waals surface area contributed by atoms with Gasteiger partial charge in [-0.05, 0) is 47.4 Å². The molecule has 3 rings (SSSR count). The normalized spacial score (nSPS) is 15.2. The molecule has 0 saturated carbocycles. The van der Waals surface area contributed by atoms with Crippen molar-refractivity contribution in [2.75, 3.05) is 34.4 Å². The molecule has 0 bridgehead atoms. The van der Waals surface area contributed by atoms with Crippen LogP contribution >= 0.6 is 0 Å². The highest BCUT2D eigenvalue weighted by Crippen LogP contribution is 2.41. The lowest BCUT2D eigenvalue weighted by atomic mass is 9.87. The maximum atomic E-state index is 12.9. The van der Waals surface area contributed by atoms with Gasteiger partial charge in [0.1, 0.15) is 5.75 Å². The maximum absolute atomic E-state index is 12.9. The summed E-state index contributed by atoms with van der Waals surface area (Å²) < 4.78 is 16.2. The van der Waals surface area contributed by atoms with Crippen molar-refractivity contribution in [3.63, 3.8) is 0 Å². The lowest BCUT2D eigenvalue weighted by Crippen LogP contribution is -2.46. The molecule has 0 unspecified atom stereocenters. The molecular weight excluding hydrogens is 388 g/mol. The fourth-order valence-corrected chi connectivity index (χ4v) is 3.69. The van der Waals surface area contributed by atoms with E-state index in [4.69, 9.17) is 19.3 Å². The lowest BCUT2D eigenvalue weighted by molar-refractivity contribution is -0.136. The quantitative estimate of drug-likeness (QED) is 0.723. The number of carbonyl (C=O) groups is 2. The zero-order valence-electron chi connectivity index (χ0n) is 17.3. The number of rotatable bonds is 7. The van der Waals surface area contributed by atoms with E-state index >= 15 is 0 Å². The number of benzene rings is 2. The van der Waals surface area contributed by atoms with Crippen molar-refractivity contribution in [2.45, 2.75) is 18.9 Å². The molecule has 0 aliphatic carbocycles. The fraction of sp³-hybridized carbons (Fsp3) is 0.364. The standard InChI is InChI=1S/C22H26N2O6/c1-28-16-6-4-14(5-7-16)21-17-13-19(30-3)18(29-2)12-15(17)9-11-24(21)22(27)23-10-8-20(25)26/h4-7,12-13,21H,8-11H2,1-3H3,(H,23,27)(H,25,26)/t21-/m1/s1. The van der Waals surface area contributed by atoms with Crippen molar-refractivity contribution < 1.29 is 28.9 Å². The second-order valence-electron chi connectivity index (χ2n) is 6.90. The minimum atomic E-state index is -0.956. The van der Waals surface area contributed by atoms with Gasteiger partial charge in [0.15, 0.2) is 11.5 Å². The number of ether oxygens (including phenoxy) is 3. The number of carboxylic acid groups (broad SMARTS) is 1. The third kappa shape index (κ3) is 4.42. The van der Waals surface area contributed by atoms with Gasteiger partial charge in [-0.25, -0.2) is 4.79 Å². The number of hydrogen-bond donors (Lipinski definition) is 2. The summed E-state index contributed by atoms with van der Waals surface area (Å²) >= 11 is 0. The molecule has 2 N–H and O–H groups in total. The molecule has 1 aliphatic heterocycles. The van der Waals surface area contributed by atoms with Crippen molar-refractivity contribution in [1.29, 1.82) is 0 Å². The Morgan fingerprint density at radius 3 is 2.33 bits per heavy atom. The first-order valence-electron chi connectivity index (χ1n) is 9.63. The van der Waals surface area contributed by atoms with Crippen LogP contribution in [0.25, 0.3) is 0 Å². The van der Waals surface area contributed by atoms with Crippen LogP contribution in [0.5, 0.6) is 17.2 Å². The fourth-order valence-electron chi connectivity index (χ4n) is 3.69. The summed E-state index contributed by atoms with van der Waals surface area (Å²) in [5, 5.41) is 11.6. The van der Waals surface area contributed by atoms with Crippen LogP contribution in [0.2, 0.25) is 0 Å². The van der Waals surface area contributed by atoms with Crippen LogP contribution in [0.15, 0.2) is 36.4 Å². The monoisotopic (exact) mass is 414 g/mol. The van der Waals surface area contributed by atoms with Gasteiger partial charge in [0.05, 0.1) is 33.8 Å². The van der Waals surface area contributed by atoms with Crippen LogP contribution in [0, 0.1) is 0 Å². The summed E-state index contributed by atoms with van der Waals surface area (Å²) in [7, 11) is 4.77. The van der Waals surface area contributed by atoms with E-state index in [1.165, 1.54) is 0 Å². The molecular formula is C22H26N2O6. The van der Waals surface area contributed by atoms with Crippen LogP contribution in [0.4, 0.5) is 4.79 Å². The number of nitrogens with one attached hydrogen (secondary N) is 1. The summed E-state index contributed by atoms with van der Waals surface area (Å²) in [5.74, 6) is 0.995. The van der Waals surface area contributed by atoms with Gasteiger partial charge in [-0.15, -0.1) is 0 Å². The minimum Gasteiger partial charge on any atom is -0.497 e. The number of amides is 2. The van der Waals surface area contributed by atoms with Gasteiger partial charge in [0, 0.05) is 13.1 Å². The number of aliphatic carboxylic acids is 1. The average molecular weight is 414 g/mol. The Bertz CT molecular complexity index is 913. The van der Waals surface area contributed by atoms with Gasteiger partial charge in [0.2, 0.25) is 0 Å². The van der Waals surface area contributed by atoms with Crippen molar-refractivity contribution in [3.05, 3.63) is 53.1 Å². The highest BCUT2D eigenvalue weighted by atomic mass is 16.5. The van der Waals surface area contributed by atoms with E-state index in [0.29, 0.717) is 24.5 Å². The Morgan fingerprint density at radius 1 is 1.07 bits per heavy atom. The van der Waals surface area contributed by atoms with E-state index in [-0.39, 0.29) is 25.0 Å². The first-order valence-corrected chi connectivity index (χ1v) is 9.63. The third-order valence-electron chi connectivity index (χ3n) is 5.18. The van der Waals surface area contributed by atoms with E-state index < -0.39 is 5.97 Å². The Morgan fingerprint density at radius 2 is 1.73 bits per heavy atom. The van der Waals surface area contributed by atoms with E-state index in [2.05, 4.69) is 5.32 Å². The number of methoxy groups -OCH3 is 3. The van der Waals surface area contributed by atoms with Gasteiger partial charge >= 0.3 is 12.0 Å². The molecule has 160 valence electrons. The number of urea groups is 1. The molecule has 2 aromatic carbocycles. The van der Waals surface area contributed by atoms with Crippen LogP contribution in [0.1, 0.15) is 29.2 Å². The zero-order valence-corrected chi connectivity index (χ0v) is 17.3. The van der Waals surface area contributed by atoms with Crippen LogP contribution in [-0.4, -0.2) is 56.4 Å². The molecule has 1 aliphatic rings. The number of fused-ring (bicyclic) bond motifs is 1. The molecule has 8 nitrogen and oxygen atoms in total. The zero-order chi connectivity index (χ0) is 21.7. The van der Waals surface area contributed by atoms with Gasteiger partial charge in [-0.1, -0.05) is 12.1 Å². The molecule has 2 aromatic rings. The molecule has 2 amide bonds. The summed E-state index contributed by atoms with van der Waals surface area (Å²) in [6.45, 7) is 0.552. The SMILES string of the molecule is COc1ccc([C@@H]2c3cc(OC)c(OC)cc3CCN2C(=O)NCCC(=O)O)cc1. The Kier molecular flexibility index (Phi) is 6.66. The summed E-state index contributed by atoms with van der Waals surface area (Å²) in [5.41, 5.74) is 2.93. The number of carboxylic acids is 1. The van der Waals surface area contributed by atoms with Gasteiger partial charge < -0.3 is 29.5 Å². The predicted octanol–water partition coefficient (Wildman–Crippen LogP) is 2.84. The first kappa shape index (κ1) is 21.3. The number of nitrogens with zero attached hydrogens (tertiary/aromatic N) is 1. The van der Waals surface area contributed by atoms with E-state index in [1.54, 1.807) is 26.2 Å². The molecule has 1 heterocycles. The highest BCUT2D eigenvalue weighted by Gasteiger charge is 2.33. The largest absolute Gasteiger partial charge is 0.497 e. The molecule has 0 saturated heterocycles. The van der Waals surface area contributed by atoms with E-state index in [1.807, 2.05) is 36.4 Å². The Balaban J connectivity index is 2.01. The highest BCUT2D eigenvalue weighted by molar-refractivity contribution is 5.77. The number of hydrogen-bond acceptors (Lipinski definition) is 5. The van der Waals surface area contributed by atoms with Gasteiger partial charge in [-0.2, -0.15) is 0 Å². The maximum Gasteiger partial charge on any atom is 0.318 e. The Hall–Kier alpha value is -3.42. The van der Waals surface area contributed by atoms with Gasteiger partial charge in [0.25, 0.3) is 0 Å². The van der Waals surface area contributed by atoms with Crippen molar-refractivity contribution in [2.24, 2.45) is 0 Å².